The van der Waals surface area contributed by atoms with E-state index in [4.69, 9.17) is 9.68 Å². The Balaban J connectivity index is 1.94. The summed E-state index contributed by atoms with van der Waals surface area (Å²) < 4.78 is 38.3. The van der Waals surface area contributed by atoms with Crippen LogP contribution in [0.2, 0.25) is 0 Å². The van der Waals surface area contributed by atoms with Crippen LogP contribution >= 0.6 is 0 Å². The molecule has 0 aliphatic rings. The van der Waals surface area contributed by atoms with Crippen LogP contribution in [0.4, 0.5) is 13.2 Å². The molecule has 0 atom stereocenters. The first-order valence-electron chi connectivity index (χ1n) is 8.79. The van der Waals surface area contributed by atoms with E-state index < -0.39 is 17.6 Å². The third-order valence-electron chi connectivity index (χ3n) is 4.00. The van der Waals surface area contributed by atoms with E-state index in [1.807, 2.05) is 0 Å². The van der Waals surface area contributed by atoms with Gasteiger partial charge in [-0.1, -0.05) is 47.6 Å². The third-order valence-corrected chi connectivity index (χ3v) is 4.00. The number of alkyl halides is 3. The molecule has 0 spiro atoms. The first-order chi connectivity index (χ1) is 13.9. The maximum atomic E-state index is 12.8. The van der Waals surface area contributed by atoms with Crippen LogP contribution in [-0.4, -0.2) is 32.3 Å². The van der Waals surface area contributed by atoms with Crippen molar-refractivity contribution in [2.24, 2.45) is 5.16 Å². The molecule has 0 aliphatic carbocycles. The number of oxime groups is 1. The van der Waals surface area contributed by atoms with E-state index >= 15 is 0 Å². The zero-order chi connectivity index (χ0) is 21.3. The lowest BCUT2D eigenvalue weighted by molar-refractivity contribution is -0.137. The summed E-state index contributed by atoms with van der Waals surface area (Å²) in [6.07, 6.45) is -4.00. The van der Waals surface area contributed by atoms with Crippen molar-refractivity contribution < 1.29 is 27.6 Å². The average Bonchev–Trinajstić information content (AvgIpc) is 2.71. The minimum Gasteiger partial charge on any atom is -0.398 e. The smallest absolute Gasteiger partial charge is 0.398 e. The lowest BCUT2D eigenvalue weighted by Crippen LogP contribution is -2.29. The molecule has 2 N–H and O–H groups in total. The van der Waals surface area contributed by atoms with Gasteiger partial charge in [0.25, 0.3) is 5.91 Å². The minimum atomic E-state index is -4.37. The monoisotopic (exact) mass is 409 g/mol. The number of amides is 1. The van der Waals surface area contributed by atoms with Gasteiger partial charge in [0.05, 0.1) is 12.2 Å². The van der Waals surface area contributed by atoms with Gasteiger partial charge < -0.3 is 10.2 Å². The number of nitrogens with zero attached hydrogens (tertiary/aromatic N) is 1. The number of carbonyl (C=O) groups is 1. The second kappa shape index (κ2) is 10.6. The minimum absolute atomic E-state index is 0.109. The van der Waals surface area contributed by atoms with E-state index in [0.717, 1.165) is 12.1 Å². The maximum Gasteiger partial charge on any atom is 0.416 e. The third kappa shape index (κ3) is 6.58. The van der Waals surface area contributed by atoms with E-state index in [2.05, 4.69) is 16.0 Å². The summed E-state index contributed by atoms with van der Waals surface area (Å²) in [7, 11) is 2.83. The topological polar surface area (TPSA) is 72.0 Å². The molecule has 2 rings (SSSR count). The lowest BCUT2D eigenvalue weighted by Gasteiger charge is -2.12. The molecule has 0 fully saturated rings. The molecule has 2 aromatic carbocycles. The number of hydrogen-bond donors (Lipinski definition) is 2. The highest BCUT2D eigenvalue weighted by molar-refractivity contribution is 6.45. The van der Waals surface area contributed by atoms with Crippen molar-refractivity contribution in [1.29, 1.82) is 0 Å². The number of rotatable bonds is 9. The molecule has 0 saturated heterocycles. The van der Waals surface area contributed by atoms with Crippen molar-refractivity contribution >= 4 is 11.6 Å². The normalized spacial score (nSPS) is 12.0. The Morgan fingerprint density at radius 3 is 2.59 bits per heavy atom. The number of halogens is 3. The van der Waals surface area contributed by atoms with Gasteiger partial charge in [0.1, 0.15) is 7.11 Å². The summed E-state index contributed by atoms with van der Waals surface area (Å²) in [5, 5.41) is 6.27. The fourth-order valence-corrected chi connectivity index (χ4v) is 2.60. The molecule has 0 aliphatic heterocycles. The second-order valence-electron chi connectivity index (χ2n) is 5.99. The van der Waals surface area contributed by atoms with E-state index in [-0.39, 0.29) is 12.3 Å². The van der Waals surface area contributed by atoms with Crippen molar-refractivity contribution in [3.05, 3.63) is 70.8 Å². The van der Waals surface area contributed by atoms with Gasteiger partial charge in [-0.25, -0.2) is 5.48 Å². The Morgan fingerprint density at radius 1 is 1.14 bits per heavy atom. The molecule has 0 saturated carbocycles. The van der Waals surface area contributed by atoms with Gasteiger partial charge in [-0.2, -0.15) is 13.2 Å². The van der Waals surface area contributed by atoms with Gasteiger partial charge in [0.2, 0.25) is 0 Å². The molecule has 0 bridgehead atoms. The molecule has 29 heavy (non-hydrogen) atoms. The van der Waals surface area contributed by atoms with E-state index in [9.17, 15) is 18.0 Å². The standard InChI is InChI=1S/C20H22F3N3O3/c1-24-19(27)18(26-28-2)17-9-4-3-7-15(17)13-29-25-11-10-14-6-5-8-16(12-14)20(21,22)23/h3-9,12,25H,10-11,13H2,1-2H3,(H,24,27)/b26-18+. The molecule has 2 aromatic rings. The summed E-state index contributed by atoms with van der Waals surface area (Å²) in [4.78, 5) is 22.2. The summed E-state index contributed by atoms with van der Waals surface area (Å²) in [5.41, 5.74) is 3.95. The van der Waals surface area contributed by atoms with Crippen LogP contribution in [0.15, 0.2) is 53.7 Å². The molecule has 9 heteroatoms. The summed E-state index contributed by atoms with van der Waals surface area (Å²) >= 11 is 0. The highest BCUT2D eigenvalue weighted by Gasteiger charge is 2.30. The lowest BCUT2D eigenvalue weighted by atomic mass is 10.0. The SMILES string of the molecule is CNC(=O)/C(=N/OC)c1ccccc1CONCCc1cccc(C(F)(F)F)c1. The van der Waals surface area contributed by atoms with Crippen LogP contribution in [0.5, 0.6) is 0 Å². The Bertz CT molecular complexity index is 854. The second-order valence-corrected chi connectivity index (χ2v) is 5.99. The molecule has 0 radical (unpaired) electrons. The quantitative estimate of drug-likeness (QED) is 0.379. The summed E-state index contributed by atoms with van der Waals surface area (Å²) in [5.74, 6) is -0.406. The average molecular weight is 409 g/mol. The van der Waals surface area contributed by atoms with E-state index in [1.165, 1.54) is 20.2 Å². The molecular formula is C20H22F3N3O3. The van der Waals surface area contributed by atoms with Crippen molar-refractivity contribution in [3.63, 3.8) is 0 Å². The van der Waals surface area contributed by atoms with Crippen molar-refractivity contribution in [3.8, 4) is 0 Å². The summed E-state index contributed by atoms with van der Waals surface area (Å²) in [6, 6.07) is 12.2. The number of hydrogen-bond acceptors (Lipinski definition) is 5. The number of nitrogens with one attached hydrogen (secondary N) is 2. The van der Waals surface area contributed by atoms with Gasteiger partial charge in [-0.15, -0.1) is 0 Å². The van der Waals surface area contributed by atoms with Gasteiger partial charge >= 0.3 is 6.18 Å². The van der Waals surface area contributed by atoms with Crippen molar-refractivity contribution in [1.82, 2.24) is 10.8 Å². The first kappa shape index (κ1) is 22.4. The Hall–Kier alpha value is -2.91. The van der Waals surface area contributed by atoms with Crippen molar-refractivity contribution in [2.75, 3.05) is 20.7 Å². The molecule has 0 unspecified atom stereocenters. The Labute approximate surface area is 166 Å². The molecule has 6 nitrogen and oxygen atoms in total. The zero-order valence-corrected chi connectivity index (χ0v) is 16.0. The maximum absolute atomic E-state index is 12.8. The fraction of sp³-hybridized carbons (Fsp3) is 0.300. The molecule has 0 heterocycles. The largest absolute Gasteiger partial charge is 0.416 e. The summed E-state index contributed by atoms with van der Waals surface area (Å²) in [6.45, 7) is 0.441. The predicted octanol–water partition coefficient (Wildman–Crippen LogP) is 3.07. The number of hydroxylamine groups is 1. The van der Waals surface area contributed by atoms with Crippen LogP contribution in [0.25, 0.3) is 0 Å². The highest BCUT2D eigenvalue weighted by atomic mass is 19.4. The van der Waals surface area contributed by atoms with Crippen LogP contribution in [0, 0.1) is 0 Å². The van der Waals surface area contributed by atoms with E-state index in [1.54, 1.807) is 30.3 Å². The Kier molecular flexibility index (Phi) is 8.17. The number of benzene rings is 2. The molecule has 0 aromatic heterocycles. The highest BCUT2D eigenvalue weighted by Crippen LogP contribution is 2.29. The van der Waals surface area contributed by atoms with E-state index in [0.29, 0.717) is 29.7 Å². The van der Waals surface area contributed by atoms with Gasteiger partial charge in [-0.3, -0.25) is 9.63 Å². The van der Waals surface area contributed by atoms with Crippen LogP contribution < -0.4 is 10.8 Å². The predicted molar refractivity (Wildman–Crippen MR) is 102 cm³/mol. The fourth-order valence-electron chi connectivity index (χ4n) is 2.60. The molecule has 1 amide bonds. The number of carbonyl (C=O) groups excluding carboxylic acids is 1. The van der Waals surface area contributed by atoms with Crippen LogP contribution in [0.1, 0.15) is 22.3 Å². The van der Waals surface area contributed by atoms with Gasteiger partial charge in [0.15, 0.2) is 5.71 Å². The van der Waals surface area contributed by atoms with Crippen LogP contribution in [0.3, 0.4) is 0 Å². The Morgan fingerprint density at radius 2 is 1.90 bits per heavy atom. The molecule has 156 valence electrons. The zero-order valence-electron chi connectivity index (χ0n) is 16.0. The first-order valence-corrected chi connectivity index (χ1v) is 8.79. The molecular weight excluding hydrogens is 387 g/mol. The van der Waals surface area contributed by atoms with Gasteiger partial charge in [-0.05, 0) is 23.6 Å². The van der Waals surface area contributed by atoms with Crippen molar-refractivity contribution in [2.45, 2.75) is 19.2 Å². The number of likely N-dealkylation sites (N-methyl/N-ethyl adjacent to an activating group) is 1. The van der Waals surface area contributed by atoms with Gasteiger partial charge in [0, 0.05) is 19.2 Å². The van der Waals surface area contributed by atoms with Crippen LogP contribution in [-0.2, 0) is 33.7 Å².